The zero-order chi connectivity index (χ0) is 15.5. The average molecular weight is 301 g/mol. The highest BCUT2D eigenvalue weighted by Gasteiger charge is 2.49. The Morgan fingerprint density at radius 3 is 2.41 bits per heavy atom. The second kappa shape index (κ2) is 6.59. The monoisotopic (exact) mass is 301 g/mol. The van der Waals surface area contributed by atoms with Crippen LogP contribution in [0.4, 0.5) is 0 Å². The van der Waals surface area contributed by atoms with Crippen molar-refractivity contribution in [1.29, 1.82) is 0 Å². The van der Waals surface area contributed by atoms with E-state index in [-0.39, 0.29) is 29.1 Å². The van der Waals surface area contributed by atoms with Crippen LogP contribution in [0.5, 0.6) is 0 Å². The number of Topliss-reactive ketones (excluding diaryl/α,β-unsaturated/α-hetero) is 1. The van der Waals surface area contributed by atoms with Gasteiger partial charge >= 0.3 is 0 Å². The molecule has 2 aliphatic rings. The van der Waals surface area contributed by atoms with Crippen LogP contribution in [-0.2, 0) is 4.79 Å². The molecule has 3 rings (SSSR count). The normalized spacial score (nSPS) is 27.2. The number of carbonyl (C=O) groups is 1. The highest BCUT2D eigenvalue weighted by molar-refractivity contribution is 5.88. The minimum absolute atomic E-state index is 0.135. The summed E-state index contributed by atoms with van der Waals surface area (Å²) in [6.07, 6.45) is 6.79. The molecule has 2 aliphatic carbocycles. The SMILES string of the molecule is O=C1C[C@@H](C2CCCCC2)[C@@H]1[C@H](C[N+](=O)[O-])c1ccccc1. The molecule has 118 valence electrons. The standard InChI is InChI=1S/C18H23NO3/c20-17-11-15(13-7-3-1-4-8-13)18(17)16(12-19(21)22)14-9-5-2-6-10-14/h2,5-6,9-10,13,15-16,18H,1,3-4,7-8,11-12H2/t15-,16+,18+/m0/s1. The summed E-state index contributed by atoms with van der Waals surface area (Å²) >= 11 is 0. The van der Waals surface area contributed by atoms with E-state index in [1.807, 2.05) is 30.3 Å². The molecule has 0 radical (unpaired) electrons. The van der Waals surface area contributed by atoms with Gasteiger partial charge in [-0.05, 0) is 17.4 Å². The van der Waals surface area contributed by atoms with E-state index in [0.717, 1.165) is 5.56 Å². The number of hydrogen-bond acceptors (Lipinski definition) is 3. The number of carbonyl (C=O) groups excluding carboxylic acids is 1. The van der Waals surface area contributed by atoms with Crippen LogP contribution >= 0.6 is 0 Å². The van der Waals surface area contributed by atoms with Gasteiger partial charge in [0.15, 0.2) is 0 Å². The first kappa shape index (κ1) is 15.2. The molecule has 1 aromatic carbocycles. The largest absolute Gasteiger partial charge is 0.299 e. The predicted octanol–water partition coefficient (Wildman–Crippen LogP) is 3.83. The van der Waals surface area contributed by atoms with Gasteiger partial charge in [0.2, 0.25) is 6.54 Å². The summed E-state index contributed by atoms with van der Waals surface area (Å²) in [4.78, 5) is 23.1. The van der Waals surface area contributed by atoms with Crippen LogP contribution in [0.3, 0.4) is 0 Å². The number of benzene rings is 1. The van der Waals surface area contributed by atoms with E-state index in [9.17, 15) is 14.9 Å². The number of rotatable bonds is 5. The van der Waals surface area contributed by atoms with Crippen LogP contribution in [0.15, 0.2) is 30.3 Å². The maximum absolute atomic E-state index is 12.3. The Morgan fingerprint density at radius 2 is 1.82 bits per heavy atom. The maximum Gasteiger partial charge on any atom is 0.211 e. The van der Waals surface area contributed by atoms with Gasteiger partial charge in [0, 0.05) is 17.3 Å². The Morgan fingerprint density at radius 1 is 1.14 bits per heavy atom. The quantitative estimate of drug-likeness (QED) is 0.613. The number of nitrogens with zero attached hydrogens (tertiary/aromatic N) is 1. The Kier molecular flexibility index (Phi) is 4.55. The summed E-state index contributed by atoms with van der Waals surface area (Å²) in [7, 11) is 0. The fourth-order valence-electron chi connectivity index (χ4n) is 4.41. The van der Waals surface area contributed by atoms with Gasteiger partial charge < -0.3 is 0 Å². The topological polar surface area (TPSA) is 60.2 Å². The van der Waals surface area contributed by atoms with Gasteiger partial charge in [-0.25, -0.2) is 0 Å². The first-order valence-corrected chi connectivity index (χ1v) is 8.36. The van der Waals surface area contributed by atoms with E-state index < -0.39 is 0 Å². The van der Waals surface area contributed by atoms with Crippen molar-refractivity contribution in [2.75, 3.05) is 6.54 Å². The number of nitro groups is 1. The molecule has 2 fully saturated rings. The van der Waals surface area contributed by atoms with Crippen LogP contribution in [-0.4, -0.2) is 17.3 Å². The van der Waals surface area contributed by atoms with Gasteiger partial charge in [-0.1, -0.05) is 62.4 Å². The minimum Gasteiger partial charge on any atom is -0.299 e. The Bertz CT molecular complexity index is 537. The molecule has 0 amide bonds. The Hall–Kier alpha value is -1.71. The van der Waals surface area contributed by atoms with Crippen LogP contribution in [0.25, 0.3) is 0 Å². The third-order valence-corrected chi connectivity index (χ3v) is 5.53. The van der Waals surface area contributed by atoms with E-state index in [1.54, 1.807) is 0 Å². The summed E-state index contributed by atoms with van der Waals surface area (Å²) in [6, 6.07) is 9.57. The molecule has 0 N–H and O–H groups in total. The van der Waals surface area contributed by atoms with Crippen molar-refractivity contribution in [2.24, 2.45) is 17.8 Å². The zero-order valence-corrected chi connectivity index (χ0v) is 12.8. The van der Waals surface area contributed by atoms with E-state index in [1.165, 1.54) is 32.1 Å². The zero-order valence-electron chi connectivity index (χ0n) is 12.8. The van der Waals surface area contributed by atoms with Gasteiger partial charge in [-0.3, -0.25) is 14.9 Å². The Labute approximate surface area is 131 Å². The molecule has 0 bridgehead atoms. The molecule has 0 aliphatic heterocycles. The minimum atomic E-state index is -0.263. The molecule has 22 heavy (non-hydrogen) atoms. The van der Waals surface area contributed by atoms with Crippen LogP contribution in [0.2, 0.25) is 0 Å². The molecular formula is C18H23NO3. The van der Waals surface area contributed by atoms with Gasteiger partial charge in [0.25, 0.3) is 0 Å². The van der Waals surface area contributed by atoms with Gasteiger partial charge in [0.1, 0.15) is 5.78 Å². The lowest BCUT2D eigenvalue weighted by Gasteiger charge is -2.44. The molecule has 1 aromatic rings. The smallest absolute Gasteiger partial charge is 0.211 e. The summed E-state index contributed by atoms with van der Waals surface area (Å²) in [5, 5.41) is 11.1. The Balaban J connectivity index is 1.82. The first-order valence-electron chi connectivity index (χ1n) is 8.36. The first-order chi connectivity index (χ1) is 10.7. The second-order valence-electron chi connectivity index (χ2n) is 6.79. The van der Waals surface area contributed by atoms with Crippen molar-refractivity contribution in [3.05, 3.63) is 46.0 Å². The molecule has 0 heterocycles. The van der Waals surface area contributed by atoms with Crippen molar-refractivity contribution >= 4 is 5.78 Å². The lowest BCUT2D eigenvalue weighted by atomic mass is 9.57. The van der Waals surface area contributed by atoms with E-state index in [2.05, 4.69) is 0 Å². The number of ketones is 1. The lowest BCUT2D eigenvalue weighted by Crippen LogP contribution is -2.47. The number of hydrogen-bond donors (Lipinski definition) is 0. The highest BCUT2D eigenvalue weighted by Crippen LogP contribution is 2.49. The fourth-order valence-corrected chi connectivity index (χ4v) is 4.41. The van der Waals surface area contributed by atoms with E-state index >= 15 is 0 Å². The summed E-state index contributed by atoms with van der Waals surface area (Å²) in [6.45, 7) is -0.135. The predicted molar refractivity (Wildman–Crippen MR) is 84.2 cm³/mol. The van der Waals surface area contributed by atoms with Crippen molar-refractivity contribution in [1.82, 2.24) is 0 Å². The van der Waals surface area contributed by atoms with Gasteiger partial charge in [-0.15, -0.1) is 0 Å². The van der Waals surface area contributed by atoms with Gasteiger partial charge in [0.05, 0.1) is 5.92 Å². The molecule has 0 spiro atoms. The molecule has 0 aromatic heterocycles. The molecule has 0 unspecified atom stereocenters. The summed E-state index contributed by atoms with van der Waals surface area (Å²) in [5.74, 6) is 0.777. The van der Waals surface area contributed by atoms with Crippen molar-refractivity contribution in [2.45, 2.75) is 44.4 Å². The van der Waals surface area contributed by atoms with Crippen molar-refractivity contribution < 1.29 is 9.72 Å². The molecule has 0 saturated heterocycles. The van der Waals surface area contributed by atoms with Crippen LogP contribution < -0.4 is 0 Å². The highest BCUT2D eigenvalue weighted by atomic mass is 16.6. The second-order valence-corrected chi connectivity index (χ2v) is 6.79. The van der Waals surface area contributed by atoms with Crippen LogP contribution in [0.1, 0.15) is 50.0 Å². The van der Waals surface area contributed by atoms with E-state index in [4.69, 9.17) is 0 Å². The van der Waals surface area contributed by atoms with Crippen LogP contribution in [0, 0.1) is 27.9 Å². The molecule has 4 heteroatoms. The third kappa shape index (κ3) is 3.06. The average Bonchev–Trinajstić information content (AvgIpc) is 2.53. The molecule has 4 nitrogen and oxygen atoms in total. The summed E-state index contributed by atoms with van der Waals surface area (Å²) < 4.78 is 0. The molecule has 2 saturated carbocycles. The molecule has 3 atom stereocenters. The van der Waals surface area contributed by atoms with Gasteiger partial charge in [-0.2, -0.15) is 0 Å². The fraction of sp³-hybridized carbons (Fsp3) is 0.611. The van der Waals surface area contributed by atoms with Crippen molar-refractivity contribution in [3.8, 4) is 0 Å². The summed E-state index contributed by atoms with van der Waals surface area (Å²) in [5.41, 5.74) is 0.943. The maximum atomic E-state index is 12.3. The van der Waals surface area contributed by atoms with E-state index in [0.29, 0.717) is 18.3 Å². The third-order valence-electron chi connectivity index (χ3n) is 5.53. The lowest BCUT2D eigenvalue weighted by molar-refractivity contribution is -0.485. The van der Waals surface area contributed by atoms with Crippen molar-refractivity contribution in [3.63, 3.8) is 0 Å². The molecular weight excluding hydrogens is 278 g/mol.